The molecule has 0 atom stereocenters. The average molecular weight is 1410 g/mol. The number of carbonyl (C=O) groups excluding carboxylic acids is 1. The van der Waals surface area contributed by atoms with Crippen LogP contribution < -0.4 is 5.73 Å². The Morgan fingerprint density at radius 3 is 1.12 bits per heavy atom. The van der Waals surface area contributed by atoms with Crippen LogP contribution in [-0.2, 0) is 94.6 Å². The Hall–Kier alpha value is -6.68. The fourth-order valence-corrected chi connectivity index (χ4v) is 14.2. The number of primary amides is 1. The molecule has 0 fully saturated rings. The SMILES string of the molecule is CC(C)c1nc(CO)n(Cc2ccncc2)c1Sc1cccc(O)c1.CCOP(OCC)OOCc1cccc(Sc2c(C(C)C)nc(CO)n2Cc2ccncc2)c1.CCOP(OCC)OOCc1cccc(Sc2c(C(C)C)nc(COC(N)=O)n2Cc2ccncc2)c1. The van der Waals surface area contributed by atoms with Gasteiger partial charge < -0.3 is 57.6 Å². The topological polar surface area (TPSA) is 279 Å². The smallest absolute Gasteiger partial charge is 0.404 e. The maximum Gasteiger partial charge on any atom is 0.404 e. The van der Waals surface area contributed by atoms with Gasteiger partial charge in [0.1, 0.15) is 64.7 Å². The number of aromatic hydroxyl groups is 1. The zero-order valence-electron chi connectivity index (χ0n) is 55.7. The number of hydrogen-bond donors (Lipinski definition) is 4. The number of benzene rings is 3. The first-order valence-corrected chi connectivity index (χ1v) is 36.0. The highest BCUT2D eigenvalue weighted by Crippen LogP contribution is 2.43. The fourth-order valence-electron chi connectivity index (χ4n) is 9.08. The van der Waals surface area contributed by atoms with E-state index in [9.17, 15) is 20.1 Å². The number of amides is 1. The van der Waals surface area contributed by atoms with Crippen molar-refractivity contribution in [3.63, 3.8) is 0 Å². The maximum atomic E-state index is 11.3. The summed E-state index contributed by atoms with van der Waals surface area (Å²) < 4.78 is 43.5. The van der Waals surface area contributed by atoms with E-state index in [4.69, 9.17) is 57.7 Å². The second-order valence-electron chi connectivity index (χ2n) is 21.8. The van der Waals surface area contributed by atoms with E-state index in [1.54, 1.807) is 84.6 Å². The van der Waals surface area contributed by atoms with E-state index in [0.717, 1.165) is 74.7 Å². The second kappa shape index (κ2) is 40.9. The van der Waals surface area contributed by atoms with Gasteiger partial charge in [0.15, 0.2) is 6.61 Å². The third-order valence-electron chi connectivity index (χ3n) is 13.5. The third-order valence-corrected chi connectivity index (χ3v) is 19.2. The predicted molar refractivity (Wildman–Crippen MR) is 371 cm³/mol. The van der Waals surface area contributed by atoms with E-state index >= 15 is 0 Å². The van der Waals surface area contributed by atoms with Crippen LogP contribution in [0.15, 0.2) is 176 Å². The van der Waals surface area contributed by atoms with E-state index in [1.165, 1.54) is 0 Å². The van der Waals surface area contributed by atoms with Gasteiger partial charge in [-0.3, -0.25) is 15.0 Å². The molecule has 9 rings (SSSR count). The van der Waals surface area contributed by atoms with Crippen LogP contribution in [0.1, 0.15) is 149 Å². The summed E-state index contributed by atoms with van der Waals surface area (Å²) in [7, 11) is -3.05. The Morgan fingerprint density at radius 2 is 0.802 bits per heavy atom. The molecule has 0 spiro atoms. The van der Waals surface area contributed by atoms with Gasteiger partial charge in [0.05, 0.1) is 63.1 Å². The lowest BCUT2D eigenvalue weighted by atomic mass is 10.1. The highest BCUT2D eigenvalue weighted by Gasteiger charge is 2.25. The molecule has 0 aliphatic carbocycles. The van der Waals surface area contributed by atoms with Crippen molar-refractivity contribution in [2.24, 2.45) is 5.73 Å². The summed E-state index contributed by atoms with van der Waals surface area (Å²) in [6.45, 7) is 24.0. The number of pyridine rings is 3. The minimum absolute atomic E-state index is 0.0193. The molecule has 0 aliphatic heterocycles. The molecular formula is C68H86N10O13P2S3. The Morgan fingerprint density at radius 1 is 0.469 bits per heavy atom. The van der Waals surface area contributed by atoms with Crippen molar-refractivity contribution in [3.8, 4) is 5.75 Å². The zero-order valence-corrected chi connectivity index (χ0v) is 60.0. The monoisotopic (exact) mass is 1410 g/mol. The lowest BCUT2D eigenvalue weighted by Crippen LogP contribution is -2.15. The second-order valence-corrected chi connectivity index (χ2v) is 27.2. The first kappa shape index (κ1) is 76.7. The van der Waals surface area contributed by atoms with Gasteiger partial charge in [-0.25, -0.2) is 29.5 Å². The molecule has 0 aliphatic rings. The van der Waals surface area contributed by atoms with Gasteiger partial charge in [0.25, 0.3) is 0 Å². The van der Waals surface area contributed by atoms with E-state index in [1.807, 2.05) is 117 Å². The Kier molecular flexibility index (Phi) is 32.7. The van der Waals surface area contributed by atoms with Crippen molar-refractivity contribution in [2.75, 3.05) is 26.4 Å². The predicted octanol–water partition coefficient (Wildman–Crippen LogP) is 15.6. The van der Waals surface area contributed by atoms with Crippen molar-refractivity contribution in [1.29, 1.82) is 0 Å². The largest absolute Gasteiger partial charge is 0.508 e. The number of hydrogen-bond acceptors (Lipinski definition) is 22. The number of nitrogens with zero attached hydrogens (tertiary/aromatic N) is 9. The van der Waals surface area contributed by atoms with Crippen LogP contribution >= 0.6 is 52.5 Å². The van der Waals surface area contributed by atoms with Crippen molar-refractivity contribution in [1.82, 2.24) is 43.6 Å². The van der Waals surface area contributed by atoms with Gasteiger partial charge >= 0.3 is 23.3 Å². The summed E-state index contributed by atoms with van der Waals surface area (Å²) in [5, 5.41) is 32.5. The molecule has 6 aromatic heterocycles. The number of aliphatic hydroxyl groups excluding tert-OH is 2. The minimum Gasteiger partial charge on any atom is -0.508 e. The summed E-state index contributed by atoms with van der Waals surface area (Å²) in [6, 6.07) is 35.0. The van der Waals surface area contributed by atoms with Crippen LogP contribution in [-0.4, -0.2) is 91.4 Å². The highest BCUT2D eigenvalue weighted by atomic mass is 32.2. The highest BCUT2D eigenvalue weighted by molar-refractivity contribution is 7.99. The van der Waals surface area contributed by atoms with Crippen molar-refractivity contribution in [2.45, 2.75) is 169 Å². The third kappa shape index (κ3) is 24.1. The van der Waals surface area contributed by atoms with Crippen molar-refractivity contribution in [3.05, 3.63) is 209 Å². The van der Waals surface area contributed by atoms with Gasteiger partial charge in [0.2, 0.25) is 0 Å². The van der Waals surface area contributed by atoms with Crippen LogP contribution in [0.3, 0.4) is 0 Å². The number of carbonyl (C=O) groups is 1. The summed E-state index contributed by atoms with van der Waals surface area (Å²) in [5.74, 6) is 2.73. The van der Waals surface area contributed by atoms with Gasteiger partial charge in [0, 0.05) is 51.9 Å². The lowest BCUT2D eigenvalue weighted by molar-refractivity contribution is -0.227. The molecule has 0 bridgehead atoms. The van der Waals surface area contributed by atoms with Crippen LogP contribution in [0.2, 0.25) is 0 Å². The molecule has 28 heteroatoms. The fraction of sp³-hybridized carbons (Fsp3) is 0.368. The average Bonchev–Trinajstić information content (AvgIpc) is 1.66. The molecule has 9 aromatic rings. The molecule has 6 heterocycles. The van der Waals surface area contributed by atoms with Crippen molar-refractivity contribution >= 4 is 58.6 Å². The molecule has 3 aromatic carbocycles. The number of imidazole rings is 3. The van der Waals surface area contributed by atoms with E-state index in [-0.39, 0.29) is 56.5 Å². The van der Waals surface area contributed by atoms with E-state index < -0.39 is 23.3 Å². The Bertz CT molecular complexity index is 3750. The maximum absolute atomic E-state index is 11.3. The molecule has 96 heavy (non-hydrogen) atoms. The van der Waals surface area contributed by atoms with Crippen LogP contribution in [0.5, 0.6) is 5.75 Å². The van der Waals surface area contributed by atoms with E-state index in [2.05, 4.69) is 82.7 Å². The standard InChI is InChI=1S/C25H33N4O6PS.C24H32N3O5PS.C19H21N3O2S/c1-5-33-36(34-6-2)35-32-16-20-8-7-9-21(14-20)37-24-23(18(3)4)28-22(17-31-25(26)30)29(24)15-19-10-12-27-13-11-19;1-5-30-33(31-6-2)32-29-17-20-8-7-9-21(14-20)34-24-23(18(3)4)26-22(16-28)27(24)15-19-10-12-25-13-11-19;1-13(2)18-19(25-16-5-3-4-15(24)10-16)22(17(12-23)21-18)11-14-6-8-20-9-7-14/h7-14,18H,5-6,15-17H2,1-4H3,(H2,26,30);7-14,18,28H,5-6,15-17H2,1-4H3;3-10,13,23-24H,11-12H2,1-2H3. The number of phenols is 1. The summed E-state index contributed by atoms with van der Waals surface area (Å²) >= 11 is 4.76. The summed E-state index contributed by atoms with van der Waals surface area (Å²) in [6.07, 6.45) is 9.72. The first-order chi connectivity index (χ1) is 46.5. The molecular weight excluding hydrogens is 1320 g/mol. The van der Waals surface area contributed by atoms with Gasteiger partial charge in [-0.2, -0.15) is 9.35 Å². The molecule has 0 saturated carbocycles. The molecule has 0 radical (unpaired) electrons. The Labute approximate surface area is 577 Å². The molecule has 0 saturated heterocycles. The number of phenolic OH excluding ortho intramolecular Hbond substituents is 1. The minimum atomic E-state index is -1.54. The van der Waals surface area contributed by atoms with Gasteiger partial charge in [-0.15, -0.1) is 0 Å². The van der Waals surface area contributed by atoms with Gasteiger partial charge in [-0.05, 0) is 152 Å². The number of aliphatic hydroxyl groups is 2. The lowest BCUT2D eigenvalue weighted by Gasteiger charge is -2.15. The van der Waals surface area contributed by atoms with Crippen LogP contribution in [0, 0.1) is 0 Å². The zero-order chi connectivity index (χ0) is 68.8. The van der Waals surface area contributed by atoms with Gasteiger partial charge in [-0.1, -0.05) is 107 Å². The molecule has 514 valence electrons. The normalized spacial score (nSPS) is 11.4. The Balaban J connectivity index is 0.000000207. The van der Waals surface area contributed by atoms with Crippen molar-refractivity contribution < 1.29 is 62.1 Å². The molecule has 0 unspecified atom stereocenters. The first-order valence-electron chi connectivity index (χ1n) is 31.3. The molecule has 23 nitrogen and oxygen atoms in total. The summed E-state index contributed by atoms with van der Waals surface area (Å²) in [4.78, 5) is 51.6. The summed E-state index contributed by atoms with van der Waals surface area (Å²) in [5.41, 5.74) is 13.2. The van der Waals surface area contributed by atoms with Crippen LogP contribution in [0.4, 0.5) is 4.79 Å². The number of ether oxygens (including phenoxy) is 1. The number of nitrogens with two attached hydrogens (primary N) is 1. The number of rotatable bonds is 35. The quantitative estimate of drug-likeness (QED) is 0.0163. The van der Waals surface area contributed by atoms with Crippen LogP contribution in [0.25, 0.3) is 0 Å². The molecule has 5 N–H and O–H groups in total. The molecule has 1 amide bonds. The number of aromatic nitrogens is 9. The van der Waals surface area contributed by atoms with E-state index in [0.29, 0.717) is 63.5 Å².